The third kappa shape index (κ3) is 4.85. The van der Waals surface area contributed by atoms with Gasteiger partial charge in [-0.3, -0.25) is 0 Å². The van der Waals surface area contributed by atoms with Crippen molar-refractivity contribution in [3.63, 3.8) is 0 Å². The van der Waals surface area contributed by atoms with E-state index in [2.05, 4.69) is 10.3 Å². The Labute approximate surface area is 87.3 Å². The molecule has 0 aliphatic rings. The number of aromatic nitrogens is 2. The predicted octanol–water partition coefficient (Wildman–Crippen LogP) is 0.791. The van der Waals surface area contributed by atoms with Crippen LogP contribution in [0.25, 0.3) is 0 Å². The van der Waals surface area contributed by atoms with Gasteiger partial charge in [-0.05, 0) is 0 Å². The van der Waals surface area contributed by atoms with Gasteiger partial charge in [-0.1, -0.05) is 0 Å². The zero-order valence-electron chi connectivity index (χ0n) is 8.62. The SMILES string of the molecule is Cn1ccnc1CNCCOCC(F)F. The molecular formula is C9H15F2N3O. The molecule has 1 rings (SSSR count). The monoisotopic (exact) mass is 219 g/mol. The fraction of sp³-hybridized carbons (Fsp3) is 0.667. The molecule has 86 valence electrons. The average Bonchev–Trinajstić information content (AvgIpc) is 2.57. The molecule has 0 saturated carbocycles. The van der Waals surface area contributed by atoms with Crippen molar-refractivity contribution >= 4 is 0 Å². The first-order valence-corrected chi connectivity index (χ1v) is 4.73. The van der Waals surface area contributed by atoms with Crippen molar-refractivity contribution in [3.8, 4) is 0 Å². The molecule has 0 spiro atoms. The summed E-state index contributed by atoms with van der Waals surface area (Å²) in [5, 5.41) is 3.05. The van der Waals surface area contributed by atoms with E-state index in [4.69, 9.17) is 4.74 Å². The Morgan fingerprint density at radius 3 is 3.00 bits per heavy atom. The van der Waals surface area contributed by atoms with Gasteiger partial charge in [0.05, 0.1) is 13.2 Å². The first kappa shape index (κ1) is 12.1. The lowest BCUT2D eigenvalue weighted by atomic mass is 10.5. The van der Waals surface area contributed by atoms with E-state index >= 15 is 0 Å². The zero-order chi connectivity index (χ0) is 11.1. The highest BCUT2D eigenvalue weighted by Gasteiger charge is 2.01. The molecule has 0 atom stereocenters. The lowest BCUT2D eigenvalue weighted by molar-refractivity contribution is 0.0186. The fourth-order valence-electron chi connectivity index (χ4n) is 1.08. The largest absolute Gasteiger partial charge is 0.374 e. The summed E-state index contributed by atoms with van der Waals surface area (Å²) in [5.41, 5.74) is 0. The maximum Gasteiger partial charge on any atom is 0.261 e. The fourth-order valence-corrected chi connectivity index (χ4v) is 1.08. The second-order valence-electron chi connectivity index (χ2n) is 3.10. The van der Waals surface area contributed by atoms with E-state index in [1.54, 1.807) is 6.20 Å². The molecule has 0 amide bonds. The van der Waals surface area contributed by atoms with E-state index in [9.17, 15) is 8.78 Å². The number of nitrogens with zero attached hydrogens (tertiary/aromatic N) is 2. The van der Waals surface area contributed by atoms with Crippen molar-refractivity contribution < 1.29 is 13.5 Å². The normalized spacial score (nSPS) is 11.2. The number of alkyl halides is 2. The van der Waals surface area contributed by atoms with Crippen molar-refractivity contribution in [1.82, 2.24) is 14.9 Å². The highest BCUT2D eigenvalue weighted by atomic mass is 19.3. The maximum absolute atomic E-state index is 11.7. The van der Waals surface area contributed by atoms with Crippen molar-refractivity contribution in [3.05, 3.63) is 18.2 Å². The molecule has 0 bridgehead atoms. The van der Waals surface area contributed by atoms with Gasteiger partial charge in [0.25, 0.3) is 6.43 Å². The van der Waals surface area contributed by atoms with Crippen LogP contribution in [0.15, 0.2) is 12.4 Å². The molecule has 1 aromatic rings. The molecule has 15 heavy (non-hydrogen) atoms. The summed E-state index contributed by atoms with van der Waals surface area (Å²) >= 11 is 0. The zero-order valence-corrected chi connectivity index (χ0v) is 8.62. The van der Waals surface area contributed by atoms with Crippen LogP contribution in [0.5, 0.6) is 0 Å². The average molecular weight is 219 g/mol. The van der Waals surface area contributed by atoms with E-state index in [0.29, 0.717) is 13.1 Å². The van der Waals surface area contributed by atoms with Crippen LogP contribution in [0, 0.1) is 0 Å². The quantitative estimate of drug-likeness (QED) is 0.689. The first-order chi connectivity index (χ1) is 7.20. The van der Waals surface area contributed by atoms with Gasteiger partial charge in [-0.25, -0.2) is 13.8 Å². The third-order valence-electron chi connectivity index (χ3n) is 1.87. The van der Waals surface area contributed by atoms with E-state index in [1.165, 1.54) is 0 Å². The molecule has 0 saturated heterocycles. The molecule has 6 heteroatoms. The number of ether oxygens (including phenoxy) is 1. The number of rotatable bonds is 7. The molecule has 0 aliphatic heterocycles. The van der Waals surface area contributed by atoms with E-state index in [0.717, 1.165) is 5.82 Å². The number of aryl methyl sites for hydroxylation is 1. The molecule has 4 nitrogen and oxygen atoms in total. The molecule has 0 aromatic carbocycles. The summed E-state index contributed by atoms with van der Waals surface area (Å²) in [7, 11) is 1.90. The van der Waals surface area contributed by atoms with Crippen LogP contribution in [0.3, 0.4) is 0 Å². The van der Waals surface area contributed by atoms with Gasteiger partial charge in [-0.2, -0.15) is 0 Å². The molecule has 1 N–H and O–H groups in total. The molecule has 0 aliphatic carbocycles. The van der Waals surface area contributed by atoms with Crippen LogP contribution in [-0.4, -0.2) is 35.7 Å². The first-order valence-electron chi connectivity index (χ1n) is 4.73. The Bertz CT molecular complexity index is 278. The Kier molecular flexibility index (Phi) is 5.20. The van der Waals surface area contributed by atoms with E-state index in [1.807, 2.05) is 17.8 Å². The minimum Gasteiger partial charge on any atom is -0.374 e. The third-order valence-corrected chi connectivity index (χ3v) is 1.87. The van der Waals surface area contributed by atoms with Crippen LogP contribution in [-0.2, 0) is 18.3 Å². The molecule has 0 radical (unpaired) electrons. The Hall–Kier alpha value is -1.01. The van der Waals surface area contributed by atoms with Crippen LogP contribution >= 0.6 is 0 Å². The summed E-state index contributed by atoms with van der Waals surface area (Å²) < 4.78 is 29.9. The van der Waals surface area contributed by atoms with Crippen molar-refractivity contribution in [2.75, 3.05) is 19.8 Å². The molecule has 0 unspecified atom stereocenters. The summed E-state index contributed by atoms with van der Waals surface area (Å²) in [6, 6.07) is 0. The van der Waals surface area contributed by atoms with Gasteiger partial charge in [0.1, 0.15) is 12.4 Å². The lowest BCUT2D eigenvalue weighted by Crippen LogP contribution is -2.22. The molecule has 0 fully saturated rings. The van der Waals surface area contributed by atoms with Crippen LogP contribution in [0.4, 0.5) is 8.78 Å². The maximum atomic E-state index is 11.7. The van der Waals surface area contributed by atoms with Gasteiger partial charge in [-0.15, -0.1) is 0 Å². The highest BCUT2D eigenvalue weighted by molar-refractivity contribution is 4.90. The standard InChI is InChI=1S/C9H15F2N3O/c1-14-4-2-13-9(14)6-12-3-5-15-7-8(10)11/h2,4,8,12H,3,5-7H2,1H3. The number of imidazole rings is 1. The van der Waals surface area contributed by atoms with Crippen LogP contribution < -0.4 is 5.32 Å². The summed E-state index contributed by atoms with van der Waals surface area (Å²) in [4.78, 5) is 4.10. The minimum atomic E-state index is -2.39. The van der Waals surface area contributed by atoms with E-state index in [-0.39, 0.29) is 6.61 Å². The van der Waals surface area contributed by atoms with Gasteiger partial charge >= 0.3 is 0 Å². The van der Waals surface area contributed by atoms with Crippen molar-refractivity contribution in [1.29, 1.82) is 0 Å². The topological polar surface area (TPSA) is 39.1 Å². The number of hydrogen-bond donors (Lipinski definition) is 1. The number of halogens is 2. The van der Waals surface area contributed by atoms with Crippen LogP contribution in [0.2, 0.25) is 0 Å². The van der Waals surface area contributed by atoms with Gasteiger partial charge < -0.3 is 14.6 Å². The molecule has 1 heterocycles. The van der Waals surface area contributed by atoms with Crippen molar-refractivity contribution in [2.45, 2.75) is 13.0 Å². The molecule has 1 aromatic heterocycles. The van der Waals surface area contributed by atoms with Gasteiger partial charge in [0.2, 0.25) is 0 Å². The van der Waals surface area contributed by atoms with Gasteiger partial charge in [0.15, 0.2) is 0 Å². The van der Waals surface area contributed by atoms with Gasteiger partial charge in [0, 0.05) is 26.0 Å². The van der Waals surface area contributed by atoms with E-state index < -0.39 is 13.0 Å². The minimum absolute atomic E-state index is 0.286. The Morgan fingerprint density at radius 2 is 2.40 bits per heavy atom. The van der Waals surface area contributed by atoms with Crippen LogP contribution in [0.1, 0.15) is 5.82 Å². The summed E-state index contributed by atoms with van der Waals surface area (Å²) in [6.45, 7) is 0.944. The molecular weight excluding hydrogens is 204 g/mol. The highest BCUT2D eigenvalue weighted by Crippen LogP contribution is 1.93. The number of hydrogen-bond acceptors (Lipinski definition) is 3. The summed E-state index contributed by atoms with van der Waals surface area (Å²) in [6.07, 6.45) is 1.17. The second kappa shape index (κ2) is 6.47. The van der Waals surface area contributed by atoms with Crippen molar-refractivity contribution in [2.24, 2.45) is 7.05 Å². The predicted molar refractivity (Wildman–Crippen MR) is 51.7 cm³/mol. The number of nitrogens with one attached hydrogen (secondary N) is 1. The second-order valence-corrected chi connectivity index (χ2v) is 3.10. The lowest BCUT2D eigenvalue weighted by Gasteiger charge is -2.05. The Morgan fingerprint density at radius 1 is 1.60 bits per heavy atom. The Balaban J connectivity index is 2.00. The summed E-state index contributed by atoms with van der Waals surface area (Å²) in [5.74, 6) is 0.906. The smallest absolute Gasteiger partial charge is 0.261 e.